The molecule has 5 nitrogen and oxygen atoms in total. The summed E-state index contributed by atoms with van der Waals surface area (Å²) in [5, 5.41) is 10.3. The minimum absolute atomic E-state index is 0. The Morgan fingerprint density at radius 3 is 2.70 bits per heavy atom. The van der Waals surface area contributed by atoms with Crippen LogP contribution in [-0.4, -0.2) is 24.0 Å². The molecule has 0 bridgehead atoms. The molecule has 0 radical (unpaired) electrons. The molecule has 158 valence electrons. The van der Waals surface area contributed by atoms with E-state index in [0.717, 1.165) is 37.7 Å². The maximum absolute atomic E-state index is 5.41. The molecular weight excluding hydrogens is 507 g/mol. The molecule has 1 aromatic carbocycles. The molecule has 4 aromatic rings. The zero-order valence-electron chi connectivity index (χ0n) is 17.0. The van der Waals surface area contributed by atoms with Crippen molar-refractivity contribution in [3.05, 3.63) is 82.1 Å². The number of H-pyrrole nitrogens is 1. The van der Waals surface area contributed by atoms with E-state index in [2.05, 4.69) is 64.5 Å². The number of aryl methyl sites for hydroxylation is 1. The Morgan fingerprint density at radius 1 is 1.07 bits per heavy atom. The summed E-state index contributed by atoms with van der Waals surface area (Å²) in [5.74, 6) is 1.81. The molecule has 0 amide bonds. The molecule has 0 aliphatic heterocycles. The van der Waals surface area contributed by atoms with E-state index in [1.807, 2.05) is 12.1 Å². The van der Waals surface area contributed by atoms with E-state index in [9.17, 15) is 0 Å². The summed E-state index contributed by atoms with van der Waals surface area (Å²) in [7, 11) is 0. The molecule has 0 atom stereocenters. The number of furan rings is 1. The van der Waals surface area contributed by atoms with Crippen LogP contribution < -0.4 is 10.6 Å². The van der Waals surface area contributed by atoms with Gasteiger partial charge in [0.2, 0.25) is 0 Å². The SMILES string of the molecule is Cc1cccc2[nH]cc(CCNC(=NCc3cccs3)NCCc3ccco3)c12.I. The van der Waals surface area contributed by atoms with Gasteiger partial charge < -0.3 is 20.0 Å². The maximum Gasteiger partial charge on any atom is 0.191 e. The molecule has 0 unspecified atom stereocenters. The molecule has 7 heteroatoms. The van der Waals surface area contributed by atoms with Crippen LogP contribution in [0.4, 0.5) is 0 Å². The van der Waals surface area contributed by atoms with Crippen LogP contribution in [0.5, 0.6) is 0 Å². The number of guanidine groups is 1. The number of aromatic nitrogens is 1. The van der Waals surface area contributed by atoms with E-state index < -0.39 is 0 Å². The summed E-state index contributed by atoms with van der Waals surface area (Å²) < 4.78 is 5.41. The van der Waals surface area contributed by atoms with Gasteiger partial charge in [0.1, 0.15) is 5.76 Å². The summed E-state index contributed by atoms with van der Waals surface area (Å²) in [5.41, 5.74) is 3.84. The standard InChI is InChI=1S/C23H26N4OS.HI/c1-17-5-2-8-21-22(17)18(15-26-21)9-11-24-23(27-16-20-7-4-14-29-20)25-12-10-19-6-3-13-28-19;/h2-8,13-15,26H,9-12,16H2,1H3,(H2,24,25,27);1H. The predicted molar refractivity (Wildman–Crippen MR) is 136 cm³/mol. The Kier molecular flexibility index (Phi) is 8.39. The number of fused-ring (bicyclic) bond motifs is 1. The fourth-order valence-electron chi connectivity index (χ4n) is 3.46. The van der Waals surface area contributed by atoms with E-state index in [1.54, 1.807) is 17.6 Å². The lowest BCUT2D eigenvalue weighted by Crippen LogP contribution is -2.39. The number of aliphatic imine (C=N–C) groups is 1. The summed E-state index contributed by atoms with van der Waals surface area (Å²) in [6.07, 6.45) is 5.59. The van der Waals surface area contributed by atoms with Crippen LogP contribution >= 0.6 is 35.3 Å². The highest BCUT2D eigenvalue weighted by Crippen LogP contribution is 2.22. The van der Waals surface area contributed by atoms with Gasteiger partial charge in [0, 0.05) is 41.5 Å². The number of halogens is 1. The number of aromatic amines is 1. The Morgan fingerprint density at radius 2 is 1.93 bits per heavy atom. The normalized spacial score (nSPS) is 11.4. The largest absolute Gasteiger partial charge is 0.469 e. The van der Waals surface area contributed by atoms with Crippen molar-refractivity contribution in [2.45, 2.75) is 26.3 Å². The molecule has 0 aliphatic carbocycles. The summed E-state index contributed by atoms with van der Waals surface area (Å²) in [6.45, 7) is 4.44. The van der Waals surface area contributed by atoms with Crippen LogP contribution in [0.2, 0.25) is 0 Å². The van der Waals surface area contributed by atoms with Crippen molar-refractivity contribution in [1.82, 2.24) is 15.6 Å². The van der Waals surface area contributed by atoms with Crippen molar-refractivity contribution >= 4 is 52.2 Å². The number of nitrogens with zero attached hydrogens (tertiary/aromatic N) is 1. The van der Waals surface area contributed by atoms with Gasteiger partial charge >= 0.3 is 0 Å². The maximum atomic E-state index is 5.41. The molecule has 0 aliphatic rings. The molecule has 30 heavy (non-hydrogen) atoms. The fraction of sp³-hybridized carbons (Fsp3) is 0.261. The van der Waals surface area contributed by atoms with Crippen LogP contribution in [0.1, 0.15) is 21.8 Å². The molecule has 0 spiro atoms. The third kappa shape index (κ3) is 5.89. The van der Waals surface area contributed by atoms with E-state index in [4.69, 9.17) is 9.41 Å². The lowest BCUT2D eigenvalue weighted by atomic mass is 10.1. The molecule has 3 N–H and O–H groups in total. The second-order valence-corrected chi connectivity index (χ2v) is 8.02. The molecule has 0 fully saturated rings. The number of thiophene rings is 1. The van der Waals surface area contributed by atoms with Crippen LogP contribution in [0.3, 0.4) is 0 Å². The average Bonchev–Trinajstić information content (AvgIpc) is 3.48. The smallest absolute Gasteiger partial charge is 0.191 e. The summed E-state index contributed by atoms with van der Waals surface area (Å²) in [6, 6.07) is 14.5. The predicted octanol–water partition coefficient (Wildman–Crippen LogP) is 5.27. The molecule has 0 saturated carbocycles. The van der Waals surface area contributed by atoms with Gasteiger partial charge in [-0.05, 0) is 54.1 Å². The zero-order chi connectivity index (χ0) is 19.9. The van der Waals surface area contributed by atoms with E-state index >= 15 is 0 Å². The third-order valence-corrected chi connectivity index (χ3v) is 5.76. The van der Waals surface area contributed by atoms with Gasteiger partial charge in [-0.3, -0.25) is 0 Å². The lowest BCUT2D eigenvalue weighted by Gasteiger charge is -2.12. The first kappa shape index (κ1) is 22.4. The number of nitrogens with one attached hydrogen (secondary N) is 3. The minimum atomic E-state index is 0. The highest BCUT2D eigenvalue weighted by Gasteiger charge is 2.07. The quantitative estimate of drug-likeness (QED) is 0.164. The number of hydrogen-bond donors (Lipinski definition) is 3. The zero-order valence-corrected chi connectivity index (χ0v) is 20.1. The fourth-order valence-corrected chi connectivity index (χ4v) is 4.08. The summed E-state index contributed by atoms with van der Waals surface area (Å²) in [4.78, 5) is 9.38. The lowest BCUT2D eigenvalue weighted by molar-refractivity contribution is 0.506. The number of rotatable bonds is 8. The van der Waals surface area contributed by atoms with Gasteiger partial charge in [-0.2, -0.15) is 0 Å². The highest BCUT2D eigenvalue weighted by atomic mass is 127. The van der Waals surface area contributed by atoms with Crippen LogP contribution in [0.15, 0.2) is 69.7 Å². The number of benzene rings is 1. The van der Waals surface area contributed by atoms with Gasteiger partial charge in [0.15, 0.2) is 5.96 Å². The van der Waals surface area contributed by atoms with Gasteiger partial charge in [-0.15, -0.1) is 35.3 Å². The van der Waals surface area contributed by atoms with E-state index in [-0.39, 0.29) is 24.0 Å². The molecule has 3 heterocycles. The average molecular weight is 534 g/mol. The van der Waals surface area contributed by atoms with E-state index in [1.165, 1.54) is 26.9 Å². The first-order chi connectivity index (χ1) is 14.3. The van der Waals surface area contributed by atoms with Gasteiger partial charge in [0.25, 0.3) is 0 Å². The van der Waals surface area contributed by atoms with Crippen molar-refractivity contribution < 1.29 is 4.42 Å². The Hall–Kier alpha value is -2.26. The molecule has 3 aromatic heterocycles. The van der Waals surface area contributed by atoms with Crippen LogP contribution in [0.25, 0.3) is 10.9 Å². The minimum Gasteiger partial charge on any atom is -0.469 e. The van der Waals surface area contributed by atoms with E-state index in [0.29, 0.717) is 6.54 Å². The van der Waals surface area contributed by atoms with Crippen molar-refractivity contribution in [1.29, 1.82) is 0 Å². The second-order valence-electron chi connectivity index (χ2n) is 6.99. The molecule has 4 rings (SSSR count). The first-order valence-electron chi connectivity index (χ1n) is 9.92. The topological polar surface area (TPSA) is 65.3 Å². The Labute approximate surface area is 198 Å². The molecular formula is C23H27IN4OS. The first-order valence-corrected chi connectivity index (χ1v) is 10.8. The molecule has 0 saturated heterocycles. The van der Waals surface area contributed by atoms with Gasteiger partial charge in [0.05, 0.1) is 12.8 Å². The Bertz CT molecular complexity index is 1050. The number of hydrogen-bond acceptors (Lipinski definition) is 3. The van der Waals surface area contributed by atoms with Crippen LogP contribution in [0, 0.1) is 6.92 Å². The van der Waals surface area contributed by atoms with Crippen molar-refractivity contribution in [2.75, 3.05) is 13.1 Å². The van der Waals surface area contributed by atoms with Gasteiger partial charge in [-0.25, -0.2) is 4.99 Å². The highest BCUT2D eigenvalue weighted by molar-refractivity contribution is 14.0. The van der Waals surface area contributed by atoms with Gasteiger partial charge in [-0.1, -0.05) is 18.2 Å². The summed E-state index contributed by atoms with van der Waals surface area (Å²) >= 11 is 1.73. The second kappa shape index (κ2) is 11.2. The van der Waals surface area contributed by atoms with Crippen molar-refractivity contribution in [3.63, 3.8) is 0 Å². The third-order valence-electron chi connectivity index (χ3n) is 4.90. The van der Waals surface area contributed by atoms with Crippen molar-refractivity contribution in [3.8, 4) is 0 Å². The monoisotopic (exact) mass is 534 g/mol. The Balaban J connectivity index is 0.00000256. The van der Waals surface area contributed by atoms with Crippen molar-refractivity contribution in [2.24, 2.45) is 4.99 Å². The van der Waals surface area contributed by atoms with Crippen LogP contribution in [-0.2, 0) is 19.4 Å².